The number of halogens is 1. The van der Waals surface area contributed by atoms with Gasteiger partial charge in [0.25, 0.3) is 5.91 Å². The van der Waals surface area contributed by atoms with Crippen LogP contribution in [0.15, 0.2) is 18.2 Å². The maximum atomic E-state index is 12.2. The van der Waals surface area contributed by atoms with Crippen molar-refractivity contribution >= 4 is 35.0 Å². The van der Waals surface area contributed by atoms with Gasteiger partial charge in [-0.05, 0) is 43.0 Å². The van der Waals surface area contributed by atoms with Crippen LogP contribution in [0.5, 0.6) is 0 Å². The minimum atomic E-state index is -0.0825. The van der Waals surface area contributed by atoms with E-state index < -0.39 is 0 Å². The van der Waals surface area contributed by atoms with Crippen LogP contribution in [0.4, 0.5) is 5.69 Å². The summed E-state index contributed by atoms with van der Waals surface area (Å²) in [5.74, 6) is 2.09. The van der Waals surface area contributed by atoms with Gasteiger partial charge in [-0.25, -0.2) is 0 Å². The van der Waals surface area contributed by atoms with Crippen LogP contribution in [0.2, 0.25) is 5.02 Å². The molecule has 0 saturated heterocycles. The van der Waals surface area contributed by atoms with Crippen molar-refractivity contribution < 1.29 is 4.79 Å². The normalized spacial score (nSPS) is 12.0. The maximum Gasteiger partial charge on any atom is 0.253 e. The van der Waals surface area contributed by atoms with E-state index in [1.165, 1.54) is 0 Å². The molecular formula is C14H21ClN2OS. The first-order chi connectivity index (χ1) is 9.08. The van der Waals surface area contributed by atoms with E-state index in [9.17, 15) is 4.79 Å². The second kappa shape index (κ2) is 8.33. The lowest BCUT2D eigenvalue weighted by molar-refractivity contribution is 0.0940. The lowest BCUT2D eigenvalue weighted by atomic mass is 10.1. The Balaban J connectivity index is 2.64. The summed E-state index contributed by atoms with van der Waals surface area (Å²) in [5, 5.41) is 6.58. The predicted octanol–water partition coefficient (Wildman–Crippen LogP) is 3.64. The van der Waals surface area contributed by atoms with E-state index in [2.05, 4.69) is 17.6 Å². The van der Waals surface area contributed by atoms with Gasteiger partial charge in [-0.2, -0.15) is 11.8 Å². The van der Waals surface area contributed by atoms with Gasteiger partial charge < -0.3 is 10.6 Å². The summed E-state index contributed by atoms with van der Waals surface area (Å²) in [6, 6.07) is 5.44. The molecule has 5 heteroatoms. The Bertz CT molecular complexity index is 426. The monoisotopic (exact) mass is 300 g/mol. The molecule has 1 rings (SSSR count). The first-order valence-corrected chi connectivity index (χ1v) is 7.97. The molecule has 1 aromatic rings. The van der Waals surface area contributed by atoms with Crippen molar-refractivity contribution in [2.45, 2.75) is 26.3 Å². The fourth-order valence-corrected chi connectivity index (χ4v) is 2.68. The molecule has 0 heterocycles. The molecule has 1 atom stereocenters. The average molecular weight is 301 g/mol. The average Bonchev–Trinajstić information content (AvgIpc) is 2.39. The molecule has 106 valence electrons. The Morgan fingerprint density at radius 3 is 2.84 bits per heavy atom. The third kappa shape index (κ3) is 5.33. The van der Waals surface area contributed by atoms with Gasteiger partial charge in [0.1, 0.15) is 0 Å². The van der Waals surface area contributed by atoms with Crippen LogP contribution in [0, 0.1) is 0 Å². The number of amides is 1. The van der Waals surface area contributed by atoms with Crippen LogP contribution < -0.4 is 10.6 Å². The molecule has 1 amide bonds. The van der Waals surface area contributed by atoms with E-state index in [0.717, 1.165) is 23.6 Å². The highest BCUT2D eigenvalue weighted by Crippen LogP contribution is 2.20. The van der Waals surface area contributed by atoms with E-state index in [1.807, 2.05) is 24.8 Å². The molecule has 0 aliphatic carbocycles. The van der Waals surface area contributed by atoms with Gasteiger partial charge >= 0.3 is 0 Å². The minimum absolute atomic E-state index is 0.0825. The molecule has 0 saturated carbocycles. The van der Waals surface area contributed by atoms with E-state index in [4.69, 9.17) is 11.6 Å². The van der Waals surface area contributed by atoms with Crippen LogP contribution in [-0.4, -0.2) is 30.5 Å². The standard InChI is InChI=1S/C14H21ClN2OS/c1-4-19-8-7-10(2)17-14(18)12-9-11(15)5-6-13(12)16-3/h5-6,9-10,16H,4,7-8H2,1-3H3,(H,17,18). The number of benzene rings is 1. The van der Waals surface area contributed by atoms with E-state index in [-0.39, 0.29) is 11.9 Å². The van der Waals surface area contributed by atoms with Crippen molar-refractivity contribution in [3.05, 3.63) is 28.8 Å². The number of carbonyl (C=O) groups excluding carboxylic acids is 1. The molecule has 0 spiro atoms. The maximum absolute atomic E-state index is 12.2. The zero-order valence-electron chi connectivity index (χ0n) is 11.6. The summed E-state index contributed by atoms with van der Waals surface area (Å²) in [5.41, 5.74) is 1.38. The quantitative estimate of drug-likeness (QED) is 0.755. The molecule has 0 fully saturated rings. The molecule has 0 bridgehead atoms. The lowest BCUT2D eigenvalue weighted by Gasteiger charge is -2.15. The smallest absolute Gasteiger partial charge is 0.253 e. The third-order valence-corrected chi connectivity index (χ3v) is 3.94. The third-order valence-electron chi connectivity index (χ3n) is 2.77. The van der Waals surface area contributed by atoms with Gasteiger partial charge in [-0.3, -0.25) is 4.79 Å². The van der Waals surface area contributed by atoms with Crippen LogP contribution in [0.1, 0.15) is 30.6 Å². The zero-order valence-corrected chi connectivity index (χ0v) is 13.2. The molecule has 0 aromatic heterocycles. The molecule has 19 heavy (non-hydrogen) atoms. The SMILES string of the molecule is CCSCCC(C)NC(=O)c1cc(Cl)ccc1NC. The lowest BCUT2D eigenvalue weighted by Crippen LogP contribution is -2.33. The number of hydrogen-bond acceptors (Lipinski definition) is 3. The van der Waals surface area contributed by atoms with Gasteiger partial charge in [0.2, 0.25) is 0 Å². The first-order valence-electron chi connectivity index (χ1n) is 6.44. The second-order valence-electron chi connectivity index (χ2n) is 4.30. The number of carbonyl (C=O) groups is 1. The van der Waals surface area contributed by atoms with Crippen LogP contribution in [0.3, 0.4) is 0 Å². The summed E-state index contributed by atoms with van der Waals surface area (Å²) >= 11 is 7.83. The van der Waals surface area contributed by atoms with Crippen molar-refractivity contribution in [2.75, 3.05) is 23.9 Å². The van der Waals surface area contributed by atoms with Crippen molar-refractivity contribution in [3.63, 3.8) is 0 Å². The van der Waals surface area contributed by atoms with Crippen LogP contribution in [0.25, 0.3) is 0 Å². The summed E-state index contributed by atoms with van der Waals surface area (Å²) in [6.45, 7) is 4.16. The van der Waals surface area contributed by atoms with E-state index in [0.29, 0.717) is 10.6 Å². The summed E-state index contributed by atoms with van der Waals surface area (Å²) in [7, 11) is 1.79. The zero-order chi connectivity index (χ0) is 14.3. The van der Waals surface area contributed by atoms with Gasteiger partial charge in [0.05, 0.1) is 5.56 Å². The molecule has 0 aliphatic heterocycles. The number of hydrogen-bond donors (Lipinski definition) is 2. The summed E-state index contributed by atoms with van der Waals surface area (Å²) in [6.07, 6.45) is 0.972. The molecule has 3 nitrogen and oxygen atoms in total. The fourth-order valence-electron chi connectivity index (χ4n) is 1.70. The van der Waals surface area contributed by atoms with Gasteiger partial charge in [-0.15, -0.1) is 0 Å². The molecule has 2 N–H and O–H groups in total. The Kier molecular flexibility index (Phi) is 7.10. The van der Waals surface area contributed by atoms with Crippen molar-refractivity contribution in [1.82, 2.24) is 5.32 Å². The van der Waals surface area contributed by atoms with Crippen molar-refractivity contribution in [2.24, 2.45) is 0 Å². The van der Waals surface area contributed by atoms with Crippen molar-refractivity contribution in [1.29, 1.82) is 0 Å². The Morgan fingerprint density at radius 1 is 1.47 bits per heavy atom. The molecule has 0 radical (unpaired) electrons. The summed E-state index contributed by atoms with van der Waals surface area (Å²) < 4.78 is 0. The van der Waals surface area contributed by atoms with Crippen LogP contribution in [-0.2, 0) is 0 Å². The number of nitrogens with one attached hydrogen (secondary N) is 2. The minimum Gasteiger partial charge on any atom is -0.387 e. The Labute approximate surface area is 124 Å². The predicted molar refractivity (Wildman–Crippen MR) is 85.5 cm³/mol. The molecular weight excluding hydrogens is 280 g/mol. The van der Waals surface area contributed by atoms with Crippen molar-refractivity contribution in [3.8, 4) is 0 Å². The van der Waals surface area contributed by atoms with Gasteiger partial charge in [0, 0.05) is 23.8 Å². The highest BCUT2D eigenvalue weighted by atomic mass is 35.5. The second-order valence-corrected chi connectivity index (χ2v) is 6.13. The number of rotatable bonds is 7. The van der Waals surface area contributed by atoms with Gasteiger partial charge in [0.15, 0.2) is 0 Å². The molecule has 1 unspecified atom stereocenters. The highest BCUT2D eigenvalue weighted by Gasteiger charge is 2.13. The molecule has 1 aromatic carbocycles. The first kappa shape index (κ1) is 16.2. The van der Waals surface area contributed by atoms with E-state index >= 15 is 0 Å². The van der Waals surface area contributed by atoms with Gasteiger partial charge in [-0.1, -0.05) is 18.5 Å². The summed E-state index contributed by atoms with van der Waals surface area (Å²) in [4.78, 5) is 12.2. The Morgan fingerprint density at radius 2 is 2.21 bits per heavy atom. The topological polar surface area (TPSA) is 41.1 Å². The van der Waals surface area contributed by atoms with E-state index in [1.54, 1.807) is 19.2 Å². The molecule has 0 aliphatic rings. The number of anilines is 1. The van der Waals surface area contributed by atoms with Crippen LogP contribution >= 0.6 is 23.4 Å². The Hall–Kier alpha value is -0.870. The fraction of sp³-hybridized carbons (Fsp3) is 0.500. The highest BCUT2D eigenvalue weighted by molar-refractivity contribution is 7.99. The largest absolute Gasteiger partial charge is 0.387 e. The number of thioether (sulfide) groups is 1.